The van der Waals surface area contributed by atoms with Crippen molar-refractivity contribution in [1.82, 2.24) is 30.0 Å². The van der Waals surface area contributed by atoms with Gasteiger partial charge in [-0.1, -0.05) is 20.8 Å². The number of halogens is 3. The Morgan fingerprint density at radius 2 is 1.89 bits per heavy atom. The van der Waals surface area contributed by atoms with Crippen molar-refractivity contribution in [3.63, 3.8) is 0 Å². The van der Waals surface area contributed by atoms with Gasteiger partial charge in [-0.3, -0.25) is 4.79 Å². The highest BCUT2D eigenvalue weighted by Gasteiger charge is 2.40. The molecule has 2 N–H and O–H groups in total. The molecule has 5 heterocycles. The van der Waals surface area contributed by atoms with Crippen molar-refractivity contribution >= 4 is 39.2 Å². The summed E-state index contributed by atoms with van der Waals surface area (Å²) in [6, 6.07) is 1.49. The molecule has 1 amide bonds. The van der Waals surface area contributed by atoms with E-state index in [4.69, 9.17) is 9.97 Å². The van der Waals surface area contributed by atoms with Crippen LogP contribution >= 0.6 is 11.3 Å². The van der Waals surface area contributed by atoms with Crippen LogP contribution in [0.15, 0.2) is 6.07 Å². The normalized spacial score (nSPS) is 20.8. The number of aryl methyl sites for hydroxylation is 1. The molecule has 2 aliphatic heterocycles. The number of hydrogen-bond donors (Lipinski definition) is 2. The maximum Gasteiger partial charge on any atom is 0.451 e. The summed E-state index contributed by atoms with van der Waals surface area (Å²) in [5.74, 6) is 0.0598. The lowest BCUT2D eigenvalue weighted by molar-refractivity contribution is -0.147. The fraction of sp³-hybridized carbons (Fsp3) is 0.591. The first-order valence-corrected chi connectivity index (χ1v) is 12.4. The van der Waals surface area contributed by atoms with E-state index in [1.165, 1.54) is 11.3 Å². The number of hydrogen-bond acceptors (Lipinski definition) is 9. The van der Waals surface area contributed by atoms with E-state index in [0.717, 1.165) is 19.7 Å². The quantitative estimate of drug-likeness (QED) is 0.537. The maximum atomic E-state index is 13.3. The van der Waals surface area contributed by atoms with E-state index >= 15 is 0 Å². The van der Waals surface area contributed by atoms with E-state index in [-0.39, 0.29) is 31.4 Å². The molecule has 0 saturated carbocycles. The monoisotopic (exact) mass is 524 g/mol. The van der Waals surface area contributed by atoms with Crippen LogP contribution in [-0.2, 0) is 24.1 Å². The number of thiophene rings is 1. The lowest BCUT2D eigenvalue weighted by atomic mass is 9.95. The Labute approximate surface area is 209 Å². The minimum absolute atomic E-state index is 0.0739. The van der Waals surface area contributed by atoms with Crippen LogP contribution in [0.2, 0.25) is 0 Å². The lowest BCUT2D eigenvalue weighted by Gasteiger charge is -2.30. The van der Waals surface area contributed by atoms with Crippen molar-refractivity contribution in [1.29, 1.82) is 0 Å². The van der Waals surface area contributed by atoms with Gasteiger partial charge in [-0.2, -0.15) is 18.2 Å². The molecule has 2 atom stereocenters. The van der Waals surface area contributed by atoms with E-state index < -0.39 is 29.6 Å². The molecule has 14 heteroatoms. The summed E-state index contributed by atoms with van der Waals surface area (Å²) in [7, 11) is 0. The van der Waals surface area contributed by atoms with E-state index in [9.17, 15) is 23.1 Å². The number of alkyl halides is 3. The summed E-state index contributed by atoms with van der Waals surface area (Å²) in [4.78, 5) is 27.4. The number of amides is 1. The molecular weight excluding hydrogens is 497 g/mol. The first-order valence-electron chi connectivity index (χ1n) is 11.6. The summed E-state index contributed by atoms with van der Waals surface area (Å²) in [6.07, 6.45) is -5.36. The van der Waals surface area contributed by atoms with Gasteiger partial charge in [0, 0.05) is 36.5 Å². The third-order valence-electron chi connectivity index (χ3n) is 6.36. The Bertz CT molecular complexity index is 1320. The van der Waals surface area contributed by atoms with Crippen LogP contribution in [0.1, 0.15) is 37.3 Å². The second kappa shape index (κ2) is 8.54. The van der Waals surface area contributed by atoms with Crippen molar-refractivity contribution in [2.24, 2.45) is 5.41 Å². The molecule has 5 rings (SSSR count). The summed E-state index contributed by atoms with van der Waals surface area (Å²) in [6.45, 7) is 8.44. The zero-order valence-electron chi connectivity index (χ0n) is 20.3. The van der Waals surface area contributed by atoms with E-state index in [2.05, 4.69) is 15.5 Å². The van der Waals surface area contributed by atoms with Gasteiger partial charge in [0.25, 0.3) is 0 Å². The lowest BCUT2D eigenvalue weighted by Crippen LogP contribution is -2.47. The number of aliphatic hydroxyl groups excluding tert-OH is 1. The Morgan fingerprint density at radius 1 is 1.14 bits per heavy atom. The molecule has 0 spiro atoms. The Kier molecular flexibility index (Phi) is 5.86. The van der Waals surface area contributed by atoms with Crippen LogP contribution in [-0.4, -0.2) is 67.5 Å². The highest BCUT2D eigenvalue weighted by Crippen LogP contribution is 2.36. The van der Waals surface area contributed by atoms with Gasteiger partial charge in [0.15, 0.2) is 5.82 Å². The topological polar surface area (TPSA) is 112 Å². The third kappa shape index (κ3) is 4.47. The number of aliphatic hydroxyl groups is 1. The predicted molar refractivity (Wildman–Crippen MR) is 128 cm³/mol. The standard InChI is InChI=1S/C22H27F3N8O2S/c1-11-7-12-16(31-5-6-33-15(10-31)29-30-18(33)22(23,24)25)27-20(28-17(12)36-11)32-8-13(14(34)9-32)26-19(35)21(2,3)4/h7,13-14,34H,5-6,8-10H2,1-4H3,(H,26,35). The number of nitrogens with zero attached hydrogens (tertiary/aromatic N) is 7. The van der Waals surface area contributed by atoms with Crippen LogP contribution in [0.3, 0.4) is 0 Å². The maximum absolute atomic E-state index is 13.3. The van der Waals surface area contributed by atoms with E-state index in [1.807, 2.05) is 22.8 Å². The number of carbonyl (C=O) groups is 1. The summed E-state index contributed by atoms with van der Waals surface area (Å²) in [5, 5.41) is 21.5. The van der Waals surface area contributed by atoms with Crippen molar-refractivity contribution in [2.75, 3.05) is 29.4 Å². The predicted octanol–water partition coefficient (Wildman–Crippen LogP) is 2.34. The highest BCUT2D eigenvalue weighted by atomic mass is 32.1. The highest BCUT2D eigenvalue weighted by molar-refractivity contribution is 7.18. The average Bonchev–Trinajstić information content (AvgIpc) is 3.47. The third-order valence-corrected chi connectivity index (χ3v) is 7.30. The molecule has 194 valence electrons. The van der Waals surface area contributed by atoms with Crippen LogP contribution in [0.4, 0.5) is 24.9 Å². The van der Waals surface area contributed by atoms with E-state index in [0.29, 0.717) is 24.9 Å². The minimum Gasteiger partial charge on any atom is -0.389 e. The van der Waals surface area contributed by atoms with Crippen molar-refractivity contribution in [2.45, 2.75) is 59.1 Å². The molecule has 3 aromatic rings. The Morgan fingerprint density at radius 3 is 2.58 bits per heavy atom. The molecule has 2 unspecified atom stereocenters. The molecule has 10 nitrogen and oxygen atoms in total. The molecule has 36 heavy (non-hydrogen) atoms. The summed E-state index contributed by atoms with van der Waals surface area (Å²) in [5.41, 5.74) is -0.592. The Balaban J connectivity index is 1.44. The second-order valence-electron chi connectivity index (χ2n) is 10.2. The molecule has 3 aromatic heterocycles. The summed E-state index contributed by atoms with van der Waals surface area (Å²) >= 11 is 1.49. The van der Waals surface area contributed by atoms with Gasteiger partial charge in [0.2, 0.25) is 17.7 Å². The van der Waals surface area contributed by atoms with Crippen molar-refractivity contribution in [3.8, 4) is 0 Å². The SMILES string of the molecule is Cc1cc2c(N3CCn4c(nnc4C(F)(F)F)C3)nc(N3CC(O)C(NC(=O)C(C)(C)C)C3)nc2s1. The van der Waals surface area contributed by atoms with Gasteiger partial charge in [0.05, 0.1) is 24.1 Å². The van der Waals surface area contributed by atoms with Crippen LogP contribution in [0.5, 0.6) is 0 Å². The molecule has 1 fully saturated rings. The summed E-state index contributed by atoms with van der Waals surface area (Å²) < 4.78 is 40.9. The first-order chi connectivity index (χ1) is 16.8. The molecular formula is C22H27F3N8O2S. The van der Waals surface area contributed by atoms with Gasteiger partial charge in [-0.15, -0.1) is 21.5 Å². The number of rotatable bonds is 3. The Hall–Kier alpha value is -3.00. The number of carbonyl (C=O) groups excluding carboxylic acids is 1. The van der Waals surface area contributed by atoms with Crippen molar-refractivity contribution in [3.05, 3.63) is 22.6 Å². The van der Waals surface area contributed by atoms with Crippen LogP contribution in [0.25, 0.3) is 10.2 Å². The largest absolute Gasteiger partial charge is 0.451 e. The van der Waals surface area contributed by atoms with Gasteiger partial charge >= 0.3 is 6.18 Å². The average molecular weight is 525 g/mol. The van der Waals surface area contributed by atoms with Crippen LogP contribution in [0, 0.1) is 12.3 Å². The zero-order chi connectivity index (χ0) is 26.0. The fourth-order valence-corrected chi connectivity index (χ4v) is 5.29. The van der Waals surface area contributed by atoms with E-state index in [1.54, 1.807) is 20.8 Å². The molecule has 0 aliphatic carbocycles. The van der Waals surface area contributed by atoms with Gasteiger partial charge in [0.1, 0.15) is 10.6 Å². The van der Waals surface area contributed by atoms with Gasteiger partial charge < -0.3 is 24.8 Å². The first kappa shape index (κ1) is 24.7. The van der Waals surface area contributed by atoms with Crippen molar-refractivity contribution < 1.29 is 23.1 Å². The number of nitrogens with one attached hydrogen (secondary N) is 1. The number of β-amino-alcohol motifs (C(OH)–C–C–N with tert-alkyl or cyclic N) is 1. The zero-order valence-corrected chi connectivity index (χ0v) is 21.1. The minimum atomic E-state index is -4.57. The number of aromatic nitrogens is 5. The van der Waals surface area contributed by atoms with Crippen LogP contribution < -0.4 is 15.1 Å². The number of fused-ring (bicyclic) bond motifs is 2. The smallest absolute Gasteiger partial charge is 0.389 e. The molecule has 2 aliphatic rings. The van der Waals surface area contributed by atoms with Gasteiger partial charge in [-0.05, 0) is 13.0 Å². The molecule has 0 aromatic carbocycles. The van der Waals surface area contributed by atoms with Gasteiger partial charge in [-0.25, -0.2) is 4.98 Å². The molecule has 0 radical (unpaired) electrons. The molecule has 0 bridgehead atoms. The number of anilines is 2. The second-order valence-corrected chi connectivity index (χ2v) is 11.5. The molecule has 1 saturated heterocycles. The fourth-order valence-electron chi connectivity index (χ4n) is 4.42.